The molecule has 0 aliphatic carbocycles. The van der Waals surface area contributed by atoms with Crippen molar-refractivity contribution < 1.29 is 23.7 Å². The van der Waals surface area contributed by atoms with E-state index >= 15 is 0 Å². The number of carbonyl (C=O) groups excluding carboxylic acids is 1. The zero-order valence-electron chi connectivity index (χ0n) is 17.3. The lowest BCUT2D eigenvalue weighted by Crippen LogP contribution is -2.13. The highest BCUT2D eigenvalue weighted by Gasteiger charge is 2.23. The van der Waals surface area contributed by atoms with Gasteiger partial charge < -0.3 is 18.9 Å². The van der Waals surface area contributed by atoms with E-state index in [-0.39, 0.29) is 0 Å². The molecule has 0 saturated carbocycles. The van der Waals surface area contributed by atoms with E-state index in [0.717, 1.165) is 11.3 Å². The normalized spacial score (nSPS) is 10.7. The van der Waals surface area contributed by atoms with Crippen LogP contribution in [-0.4, -0.2) is 44.5 Å². The number of anilines is 1. The number of halogens is 1. The number of rotatable bonds is 8. The minimum Gasteiger partial charge on any atom is -0.497 e. The smallest absolute Gasteiger partial charge is 0.258 e. The van der Waals surface area contributed by atoms with Crippen LogP contribution in [-0.2, 0) is 0 Å². The van der Waals surface area contributed by atoms with Gasteiger partial charge in [-0.25, -0.2) is 0 Å². The molecule has 0 radical (unpaired) electrons. The molecule has 10 heteroatoms. The standard InChI is InChI=1S/C21H20BrN3O5S/c1-27-13-8-5-12(6-9-13)7-10-16-24-25-21(31-16)23-20(26)14-11-15(28-2)18(29-3)19(30-4)17(14)22/h5-11H,1-4H3,(H,23,25,26)/b10-7+. The largest absolute Gasteiger partial charge is 0.497 e. The van der Waals surface area contributed by atoms with Gasteiger partial charge in [-0.05, 0) is 45.8 Å². The van der Waals surface area contributed by atoms with E-state index in [2.05, 4.69) is 31.4 Å². The predicted molar refractivity (Wildman–Crippen MR) is 124 cm³/mol. The van der Waals surface area contributed by atoms with Crippen molar-refractivity contribution in [3.05, 3.63) is 50.9 Å². The van der Waals surface area contributed by atoms with Crippen molar-refractivity contribution in [3.8, 4) is 23.0 Å². The van der Waals surface area contributed by atoms with Crippen LogP contribution in [0.25, 0.3) is 12.2 Å². The van der Waals surface area contributed by atoms with Gasteiger partial charge in [-0.3, -0.25) is 10.1 Å². The summed E-state index contributed by atoms with van der Waals surface area (Å²) in [6.45, 7) is 0. The summed E-state index contributed by atoms with van der Waals surface area (Å²) in [6.07, 6.45) is 3.73. The van der Waals surface area contributed by atoms with Gasteiger partial charge in [0.25, 0.3) is 5.91 Å². The molecular weight excluding hydrogens is 486 g/mol. The molecule has 1 amide bonds. The summed E-state index contributed by atoms with van der Waals surface area (Å²) in [5, 5.41) is 11.9. The summed E-state index contributed by atoms with van der Waals surface area (Å²) in [5.74, 6) is 1.50. The molecule has 1 N–H and O–H groups in total. The number of ether oxygens (including phenoxy) is 4. The lowest BCUT2D eigenvalue weighted by atomic mass is 10.1. The molecule has 8 nitrogen and oxygen atoms in total. The zero-order chi connectivity index (χ0) is 22.4. The summed E-state index contributed by atoms with van der Waals surface area (Å²) in [7, 11) is 6.09. The second kappa shape index (κ2) is 10.3. The molecule has 0 bridgehead atoms. The first-order valence-corrected chi connectivity index (χ1v) is 10.6. The molecule has 1 heterocycles. The minimum absolute atomic E-state index is 0.306. The lowest BCUT2D eigenvalue weighted by Gasteiger charge is -2.16. The number of methoxy groups -OCH3 is 4. The van der Waals surface area contributed by atoms with Crippen LogP contribution in [0.4, 0.5) is 5.13 Å². The molecule has 0 fully saturated rings. The molecule has 2 aromatic carbocycles. The van der Waals surface area contributed by atoms with Gasteiger partial charge >= 0.3 is 0 Å². The summed E-state index contributed by atoms with van der Waals surface area (Å²) in [6, 6.07) is 9.18. The Balaban J connectivity index is 1.77. The third-order valence-corrected chi connectivity index (χ3v) is 5.80. The van der Waals surface area contributed by atoms with Crippen LogP contribution in [0.2, 0.25) is 0 Å². The Morgan fingerprint density at radius 1 is 0.968 bits per heavy atom. The van der Waals surface area contributed by atoms with E-state index in [1.807, 2.05) is 36.4 Å². The number of hydrogen-bond donors (Lipinski definition) is 1. The Morgan fingerprint density at radius 3 is 2.29 bits per heavy atom. The fourth-order valence-corrected chi connectivity index (χ4v) is 3.96. The Kier molecular flexibility index (Phi) is 7.48. The monoisotopic (exact) mass is 505 g/mol. The van der Waals surface area contributed by atoms with Crippen LogP contribution < -0.4 is 24.3 Å². The van der Waals surface area contributed by atoms with Gasteiger partial charge in [0.1, 0.15) is 10.8 Å². The van der Waals surface area contributed by atoms with Crippen LogP contribution >= 0.6 is 27.3 Å². The van der Waals surface area contributed by atoms with E-state index < -0.39 is 5.91 Å². The van der Waals surface area contributed by atoms with Crippen LogP contribution in [0.5, 0.6) is 23.0 Å². The predicted octanol–water partition coefficient (Wildman–Crippen LogP) is 4.76. The van der Waals surface area contributed by atoms with Crippen molar-refractivity contribution in [2.45, 2.75) is 0 Å². The van der Waals surface area contributed by atoms with Gasteiger partial charge in [0.05, 0.1) is 38.5 Å². The number of carbonyl (C=O) groups is 1. The average Bonchev–Trinajstić information content (AvgIpc) is 3.24. The molecule has 1 aromatic heterocycles. The van der Waals surface area contributed by atoms with Crippen LogP contribution in [0.15, 0.2) is 34.8 Å². The molecule has 0 aliphatic heterocycles. The Hall–Kier alpha value is -3.11. The quantitative estimate of drug-likeness (QED) is 0.471. The fourth-order valence-electron chi connectivity index (χ4n) is 2.69. The Morgan fingerprint density at radius 2 is 1.68 bits per heavy atom. The van der Waals surface area contributed by atoms with E-state index in [0.29, 0.717) is 37.4 Å². The number of aromatic nitrogens is 2. The van der Waals surface area contributed by atoms with Crippen LogP contribution in [0.1, 0.15) is 20.9 Å². The van der Waals surface area contributed by atoms with Gasteiger partial charge in [-0.15, -0.1) is 10.2 Å². The SMILES string of the molecule is COc1ccc(/C=C/c2nnc(NC(=O)c3cc(OC)c(OC)c(OC)c3Br)s2)cc1. The number of hydrogen-bond acceptors (Lipinski definition) is 8. The summed E-state index contributed by atoms with van der Waals surface area (Å²) < 4.78 is 21.6. The molecule has 31 heavy (non-hydrogen) atoms. The third-order valence-electron chi connectivity index (χ3n) is 4.21. The van der Waals surface area contributed by atoms with Crippen LogP contribution in [0, 0.1) is 0 Å². The molecule has 0 saturated heterocycles. The van der Waals surface area contributed by atoms with Crippen molar-refractivity contribution in [2.75, 3.05) is 33.8 Å². The highest BCUT2D eigenvalue weighted by atomic mass is 79.9. The molecule has 3 rings (SSSR count). The molecule has 3 aromatic rings. The highest BCUT2D eigenvalue weighted by Crippen LogP contribution is 2.44. The molecule has 0 aliphatic rings. The van der Waals surface area contributed by atoms with Crippen molar-refractivity contribution >= 4 is 50.5 Å². The maximum absolute atomic E-state index is 12.8. The minimum atomic E-state index is -0.395. The Bertz CT molecular complexity index is 1100. The van der Waals surface area contributed by atoms with Gasteiger partial charge in [0.15, 0.2) is 11.5 Å². The van der Waals surface area contributed by atoms with Crippen molar-refractivity contribution in [1.29, 1.82) is 0 Å². The maximum atomic E-state index is 12.8. The topological polar surface area (TPSA) is 91.8 Å². The maximum Gasteiger partial charge on any atom is 0.258 e. The fraction of sp³-hybridized carbons (Fsp3) is 0.190. The van der Waals surface area contributed by atoms with Crippen molar-refractivity contribution in [3.63, 3.8) is 0 Å². The second-order valence-corrected chi connectivity index (χ2v) is 7.82. The van der Waals surface area contributed by atoms with E-state index in [1.165, 1.54) is 32.7 Å². The Labute approximate surface area is 191 Å². The molecule has 162 valence electrons. The second-order valence-electron chi connectivity index (χ2n) is 6.01. The highest BCUT2D eigenvalue weighted by molar-refractivity contribution is 9.10. The molecule has 0 unspecified atom stereocenters. The first-order valence-electron chi connectivity index (χ1n) is 8.96. The third kappa shape index (κ3) is 5.15. The average molecular weight is 506 g/mol. The summed E-state index contributed by atoms with van der Waals surface area (Å²) in [5.41, 5.74) is 1.29. The van der Waals surface area contributed by atoms with Gasteiger partial charge in [-0.1, -0.05) is 29.5 Å². The summed E-state index contributed by atoms with van der Waals surface area (Å²) in [4.78, 5) is 12.8. The van der Waals surface area contributed by atoms with Gasteiger partial charge in [-0.2, -0.15) is 0 Å². The van der Waals surface area contributed by atoms with E-state index in [4.69, 9.17) is 18.9 Å². The van der Waals surface area contributed by atoms with E-state index in [9.17, 15) is 4.79 Å². The summed E-state index contributed by atoms with van der Waals surface area (Å²) >= 11 is 4.65. The number of benzene rings is 2. The number of nitrogens with zero attached hydrogens (tertiary/aromatic N) is 2. The number of nitrogens with one attached hydrogen (secondary N) is 1. The molecule has 0 spiro atoms. The van der Waals surface area contributed by atoms with Crippen LogP contribution in [0.3, 0.4) is 0 Å². The van der Waals surface area contributed by atoms with Crippen molar-refractivity contribution in [2.24, 2.45) is 0 Å². The van der Waals surface area contributed by atoms with E-state index in [1.54, 1.807) is 13.2 Å². The zero-order valence-corrected chi connectivity index (χ0v) is 19.7. The number of amides is 1. The lowest BCUT2D eigenvalue weighted by molar-refractivity contribution is 0.102. The molecular formula is C21H20BrN3O5S. The van der Waals surface area contributed by atoms with Gasteiger partial charge in [0, 0.05) is 0 Å². The first-order chi connectivity index (χ1) is 15.0. The molecule has 0 atom stereocenters. The van der Waals surface area contributed by atoms with Gasteiger partial charge in [0.2, 0.25) is 10.9 Å². The van der Waals surface area contributed by atoms with Crippen molar-refractivity contribution in [1.82, 2.24) is 10.2 Å². The first kappa shape index (κ1) is 22.6.